The number of aromatic nitrogens is 4. The van der Waals surface area contributed by atoms with E-state index in [9.17, 15) is 0 Å². The summed E-state index contributed by atoms with van der Waals surface area (Å²) < 4.78 is 3.72. The number of halogens is 2. The molecule has 2 atom stereocenters. The lowest BCUT2D eigenvalue weighted by atomic mass is 9.87. The van der Waals surface area contributed by atoms with Crippen LogP contribution in [0.1, 0.15) is 18.5 Å². The Morgan fingerprint density at radius 2 is 1.38 bits per heavy atom. The van der Waals surface area contributed by atoms with Crippen LogP contribution in [0.15, 0.2) is 136 Å². The highest BCUT2D eigenvalue weighted by Crippen LogP contribution is 2.49. The summed E-state index contributed by atoms with van der Waals surface area (Å²) >= 11 is 12.4. The van der Waals surface area contributed by atoms with Gasteiger partial charge in [-0.05, 0) is 67.6 Å². The lowest BCUT2D eigenvalue weighted by Gasteiger charge is -2.30. The SMILES string of the molecule is CC1=NN(c2ccccc2)C2=Nc3c(N=Nc4ccc(Cl)cc4)c(N)nn3C(c3cn(-c4ccccc4)nc3-c3ccc(Cl)cc3)C12. The molecule has 0 saturated carbocycles. The minimum Gasteiger partial charge on any atom is -0.380 e. The van der Waals surface area contributed by atoms with Crippen LogP contribution in [0.25, 0.3) is 16.9 Å². The molecule has 2 N–H and O–H groups in total. The monoisotopic (exact) mass is 656 g/mol. The Balaban J connectivity index is 1.35. The number of para-hydroxylation sites is 2. The lowest BCUT2D eigenvalue weighted by molar-refractivity contribution is 0.490. The predicted molar refractivity (Wildman–Crippen MR) is 187 cm³/mol. The maximum absolute atomic E-state index is 6.59. The van der Waals surface area contributed by atoms with Gasteiger partial charge in [-0.3, -0.25) is 0 Å². The number of benzene rings is 4. The smallest absolute Gasteiger partial charge is 0.183 e. The predicted octanol–water partition coefficient (Wildman–Crippen LogP) is 9.19. The standard InChI is InChI=1S/C35H26Cl2N10/c1-21-29-32(28-20-45(26-8-4-2-5-9-26)43-30(28)22-12-14-23(36)15-13-22)47-35(39-34(29)46(42-21)27-10-6-3-7-11-27)31(33(38)44-47)41-40-25-18-16-24(37)17-19-25/h2-20,29,32H,1H3,(H2,38,44). The largest absolute Gasteiger partial charge is 0.380 e. The molecule has 10 nitrogen and oxygen atoms in total. The molecule has 0 aliphatic carbocycles. The fraction of sp³-hybridized carbons (Fsp3) is 0.0857. The number of anilines is 2. The second-order valence-corrected chi connectivity index (χ2v) is 12.1. The summed E-state index contributed by atoms with van der Waals surface area (Å²) in [5.41, 5.74) is 12.8. The summed E-state index contributed by atoms with van der Waals surface area (Å²) in [4.78, 5) is 5.15. The highest BCUT2D eigenvalue weighted by molar-refractivity contribution is 6.31. The first-order valence-corrected chi connectivity index (χ1v) is 15.7. The van der Waals surface area contributed by atoms with Gasteiger partial charge in [-0.1, -0.05) is 71.7 Å². The molecular weight excluding hydrogens is 631 g/mol. The molecule has 2 aliphatic heterocycles. The minimum atomic E-state index is -0.431. The number of nitrogen functional groups attached to an aromatic ring is 1. The van der Waals surface area contributed by atoms with Gasteiger partial charge in [0.25, 0.3) is 0 Å². The zero-order chi connectivity index (χ0) is 32.1. The maximum Gasteiger partial charge on any atom is 0.183 e. The van der Waals surface area contributed by atoms with E-state index in [0.29, 0.717) is 27.2 Å². The molecule has 2 unspecified atom stereocenters. The molecule has 4 heterocycles. The number of nitrogens with two attached hydrogens (primary N) is 1. The van der Waals surface area contributed by atoms with Crippen LogP contribution in [0.2, 0.25) is 10.0 Å². The van der Waals surface area contributed by atoms with Gasteiger partial charge in [0, 0.05) is 33.1 Å². The van der Waals surface area contributed by atoms with Crippen molar-refractivity contribution in [2.45, 2.75) is 13.0 Å². The van der Waals surface area contributed by atoms with E-state index in [-0.39, 0.29) is 11.7 Å². The number of hydrogen-bond acceptors (Lipinski definition) is 8. The van der Waals surface area contributed by atoms with Crippen molar-refractivity contribution in [2.75, 3.05) is 10.7 Å². The third-order valence-electron chi connectivity index (χ3n) is 8.18. The summed E-state index contributed by atoms with van der Waals surface area (Å²) in [5.74, 6) is 1.11. The Kier molecular flexibility index (Phi) is 7.16. The van der Waals surface area contributed by atoms with Crippen LogP contribution in [0.3, 0.4) is 0 Å². The van der Waals surface area contributed by atoms with E-state index in [2.05, 4.69) is 10.2 Å². The van der Waals surface area contributed by atoms with Crippen molar-refractivity contribution in [3.8, 4) is 16.9 Å². The quantitative estimate of drug-likeness (QED) is 0.180. The first-order chi connectivity index (χ1) is 22.9. The molecule has 0 radical (unpaired) electrons. The Labute approximate surface area is 280 Å². The van der Waals surface area contributed by atoms with E-state index in [1.807, 2.05) is 112 Å². The normalized spacial score (nSPS) is 17.0. The van der Waals surface area contributed by atoms with Gasteiger partial charge in [0.2, 0.25) is 0 Å². The minimum absolute atomic E-state index is 0.205. The number of aliphatic imine (C=N–C) groups is 1. The van der Waals surface area contributed by atoms with Crippen molar-refractivity contribution < 1.29 is 0 Å². The number of hydrogen-bond donors (Lipinski definition) is 1. The molecule has 0 spiro atoms. The summed E-state index contributed by atoms with van der Waals surface area (Å²) in [7, 11) is 0. The number of amidine groups is 1. The number of nitrogens with zero attached hydrogens (tertiary/aromatic N) is 9. The molecule has 230 valence electrons. The second kappa shape index (κ2) is 11.7. The van der Waals surface area contributed by atoms with Gasteiger partial charge in [-0.15, -0.1) is 5.11 Å². The second-order valence-electron chi connectivity index (χ2n) is 11.2. The van der Waals surface area contributed by atoms with Crippen molar-refractivity contribution in [3.63, 3.8) is 0 Å². The number of rotatable bonds is 6. The fourth-order valence-electron chi connectivity index (χ4n) is 5.99. The van der Waals surface area contributed by atoms with Crippen LogP contribution in [0.5, 0.6) is 0 Å². The van der Waals surface area contributed by atoms with Crippen LogP contribution in [-0.4, -0.2) is 31.1 Å². The lowest BCUT2D eigenvalue weighted by Crippen LogP contribution is -2.37. The van der Waals surface area contributed by atoms with Crippen LogP contribution in [0, 0.1) is 5.92 Å². The molecule has 12 heteroatoms. The summed E-state index contributed by atoms with van der Waals surface area (Å²) in [6.45, 7) is 2.01. The molecule has 8 rings (SSSR count). The van der Waals surface area contributed by atoms with Crippen molar-refractivity contribution in [1.82, 2.24) is 19.6 Å². The van der Waals surface area contributed by atoms with Crippen molar-refractivity contribution >= 4 is 63.4 Å². The molecule has 0 saturated heterocycles. The van der Waals surface area contributed by atoms with Gasteiger partial charge in [0.1, 0.15) is 5.84 Å². The van der Waals surface area contributed by atoms with Crippen molar-refractivity contribution in [1.29, 1.82) is 0 Å². The van der Waals surface area contributed by atoms with Crippen molar-refractivity contribution in [2.24, 2.45) is 26.2 Å². The van der Waals surface area contributed by atoms with E-state index < -0.39 is 6.04 Å². The highest BCUT2D eigenvalue weighted by Gasteiger charge is 2.46. The third kappa shape index (κ3) is 5.17. The highest BCUT2D eigenvalue weighted by atomic mass is 35.5. The van der Waals surface area contributed by atoms with Gasteiger partial charge < -0.3 is 5.73 Å². The van der Waals surface area contributed by atoms with Crippen LogP contribution >= 0.6 is 23.2 Å². The molecule has 2 aliphatic rings. The van der Waals surface area contributed by atoms with Crippen molar-refractivity contribution in [3.05, 3.63) is 131 Å². The average Bonchev–Trinajstić information content (AvgIpc) is 3.78. The third-order valence-corrected chi connectivity index (χ3v) is 8.69. The van der Waals surface area contributed by atoms with E-state index >= 15 is 0 Å². The van der Waals surface area contributed by atoms with Gasteiger partial charge in [-0.2, -0.15) is 20.4 Å². The molecule has 6 aromatic rings. The molecule has 4 aromatic carbocycles. The maximum atomic E-state index is 6.59. The number of azo groups is 1. The molecule has 0 bridgehead atoms. The average molecular weight is 658 g/mol. The van der Waals surface area contributed by atoms with Gasteiger partial charge in [-0.25, -0.2) is 19.4 Å². The van der Waals surface area contributed by atoms with Gasteiger partial charge in [0.15, 0.2) is 17.3 Å². The Morgan fingerprint density at radius 3 is 2.06 bits per heavy atom. The van der Waals surface area contributed by atoms with Crippen LogP contribution < -0.4 is 10.7 Å². The molecule has 0 amide bonds. The Bertz CT molecular complexity index is 2190. The van der Waals surface area contributed by atoms with Gasteiger partial charge >= 0.3 is 0 Å². The first kappa shape index (κ1) is 28.9. The Hall–Kier alpha value is -5.58. The zero-order valence-corrected chi connectivity index (χ0v) is 26.5. The molecular formula is C35H26Cl2N10. The van der Waals surface area contributed by atoms with Crippen LogP contribution in [-0.2, 0) is 0 Å². The summed E-state index contributed by atoms with van der Waals surface area (Å²) in [6, 6.07) is 34.2. The molecule has 47 heavy (non-hydrogen) atoms. The van der Waals surface area contributed by atoms with E-state index in [1.165, 1.54) is 0 Å². The molecule has 2 aromatic heterocycles. The summed E-state index contributed by atoms with van der Waals surface area (Å²) in [6.07, 6.45) is 2.04. The molecule has 0 fully saturated rings. The zero-order valence-electron chi connectivity index (χ0n) is 25.0. The van der Waals surface area contributed by atoms with E-state index in [1.54, 1.807) is 24.3 Å². The van der Waals surface area contributed by atoms with Crippen LogP contribution in [0.4, 0.5) is 28.7 Å². The Morgan fingerprint density at radius 1 is 0.745 bits per heavy atom. The number of hydrazone groups is 1. The van der Waals surface area contributed by atoms with Gasteiger partial charge in [0.05, 0.1) is 34.7 Å². The first-order valence-electron chi connectivity index (χ1n) is 14.9. The topological polar surface area (TPSA) is 114 Å². The number of fused-ring (bicyclic) bond motifs is 2. The van der Waals surface area contributed by atoms with E-state index in [0.717, 1.165) is 39.7 Å². The summed E-state index contributed by atoms with van der Waals surface area (Å²) in [5, 5.41) is 27.1. The van der Waals surface area contributed by atoms with E-state index in [4.69, 9.17) is 49.2 Å². The fourth-order valence-corrected chi connectivity index (χ4v) is 6.24.